The summed E-state index contributed by atoms with van der Waals surface area (Å²) in [6, 6.07) is 1.62. The van der Waals surface area contributed by atoms with Crippen LogP contribution in [0.1, 0.15) is 29.6 Å². The fourth-order valence-corrected chi connectivity index (χ4v) is 1.87. The zero-order chi connectivity index (χ0) is 12.1. The number of hydrogen-bond acceptors (Lipinski definition) is 4. The molecule has 1 aliphatic rings. The molecule has 1 unspecified atom stereocenters. The van der Waals surface area contributed by atoms with Gasteiger partial charge in [-0.1, -0.05) is 0 Å². The van der Waals surface area contributed by atoms with Crippen molar-refractivity contribution in [2.75, 3.05) is 18.9 Å². The number of rotatable bonds is 3. The zero-order valence-corrected chi connectivity index (χ0v) is 10.9. The molecule has 1 fully saturated rings. The highest BCUT2D eigenvalue weighted by atomic mass is 35.5. The number of nitrogens with zero attached hydrogens (tertiary/aromatic N) is 1. The van der Waals surface area contributed by atoms with Crippen LogP contribution in [0, 0.1) is 0 Å². The Labute approximate surface area is 113 Å². The number of hydrogen-bond donors (Lipinski definition) is 2. The van der Waals surface area contributed by atoms with E-state index in [1.807, 2.05) is 0 Å². The molecule has 0 bridgehead atoms. The SMILES string of the molecule is Cl.Nc1ccncc1C(=O)NCC1CCCCO1. The molecule has 0 saturated carbocycles. The fourth-order valence-electron chi connectivity index (χ4n) is 1.87. The summed E-state index contributed by atoms with van der Waals surface area (Å²) in [5.41, 5.74) is 6.56. The number of nitrogens with two attached hydrogens (primary N) is 1. The Morgan fingerprint density at radius 1 is 1.56 bits per heavy atom. The van der Waals surface area contributed by atoms with Gasteiger partial charge in [0.25, 0.3) is 5.91 Å². The molecule has 1 aliphatic heterocycles. The number of nitrogens with one attached hydrogen (secondary N) is 1. The Balaban J connectivity index is 0.00000162. The quantitative estimate of drug-likeness (QED) is 0.871. The number of carbonyl (C=O) groups excluding carboxylic acids is 1. The highest BCUT2D eigenvalue weighted by molar-refractivity contribution is 5.98. The molecule has 0 aliphatic carbocycles. The summed E-state index contributed by atoms with van der Waals surface area (Å²) in [7, 11) is 0. The van der Waals surface area contributed by atoms with Gasteiger partial charge in [-0.05, 0) is 25.3 Å². The summed E-state index contributed by atoms with van der Waals surface area (Å²) in [4.78, 5) is 15.7. The number of ether oxygens (including phenoxy) is 1. The Kier molecular flexibility index (Phi) is 5.88. The second-order valence-corrected chi connectivity index (χ2v) is 4.16. The van der Waals surface area contributed by atoms with Crippen LogP contribution in [0.4, 0.5) is 5.69 Å². The molecule has 2 rings (SSSR count). The summed E-state index contributed by atoms with van der Waals surface area (Å²) < 4.78 is 5.53. The molecule has 3 N–H and O–H groups in total. The van der Waals surface area contributed by atoms with Gasteiger partial charge in [-0.25, -0.2) is 0 Å². The molecule has 1 amide bonds. The lowest BCUT2D eigenvalue weighted by Crippen LogP contribution is -2.35. The van der Waals surface area contributed by atoms with Crippen molar-refractivity contribution in [1.82, 2.24) is 10.3 Å². The second-order valence-electron chi connectivity index (χ2n) is 4.16. The van der Waals surface area contributed by atoms with E-state index in [1.54, 1.807) is 12.3 Å². The largest absolute Gasteiger partial charge is 0.398 e. The molecular formula is C12H18ClN3O2. The monoisotopic (exact) mass is 271 g/mol. The summed E-state index contributed by atoms with van der Waals surface area (Å²) in [5, 5.41) is 2.83. The van der Waals surface area contributed by atoms with Gasteiger partial charge in [-0.3, -0.25) is 9.78 Å². The third kappa shape index (κ3) is 3.85. The van der Waals surface area contributed by atoms with Crippen molar-refractivity contribution in [2.24, 2.45) is 0 Å². The molecule has 1 aromatic rings. The van der Waals surface area contributed by atoms with Crippen molar-refractivity contribution in [3.63, 3.8) is 0 Å². The zero-order valence-electron chi connectivity index (χ0n) is 10.1. The molecule has 1 aromatic heterocycles. The molecule has 1 atom stereocenters. The molecule has 100 valence electrons. The lowest BCUT2D eigenvalue weighted by Gasteiger charge is -2.22. The van der Waals surface area contributed by atoms with E-state index in [9.17, 15) is 4.79 Å². The van der Waals surface area contributed by atoms with E-state index < -0.39 is 0 Å². The van der Waals surface area contributed by atoms with E-state index in [-0.39, 0.29) is 24.4 Å². The number of amides is 1. The van der Waals surface area contributed by atoms with Crippen LogP contribution >= 0.6 is 12.4 Å². The fraction of sp³-hybridized carbons (Fsp3) is 0.500. The number of halogens is 1. The van der Waals surface area contributed by atoms with Gasteiger partial charge in [0, 0.05) is 31.2 Å². The topological polar surface area (TPSA) is 77.2 Å². The van der Waals surface area contributed by atoms with E-state index >= 15 is 0 Å². The maximum absolute atomic E-state index is 11.8. The van der Waals surface area contributed by atoms with Crippen LogP contribution in [0.3, 0.4) is 0 Å². The van der Waals surface area contributed by atoms with Crippen LogP contribution in [0.15, 0.2) is 18.5 Å². The van der Waals surface area contributed by atoms with Crippen LogP contribution in [0.25, 0.3) is 0 Å². The Morgan fingerprint density at radius 2 is 2.39 bits per heavy atom. The number of pyridine rings is 1. The predicted octanol–water partition coefficient (Wildman–Crippen LogP) is 1.38. The van der Waals surface area contributed by atoms with E-state index in [1.165, 1.54) is 6.20 Å². The van der Waals surface area contributed by atoms with Gasteiger partial charge in [0.15, 0.2) is 0 Å². The first-order valence-electron chi connectivity index (χ1n) is 5.86. The maximum atomic E-state index is 11.8. The van der Waals surface area contributed by atoms with Crippen molar-refractivity contribution in [3.8, 4) is 0 Å². The molecule has 2 heterocycles. The minimum atomic E-state index is -0.190. The molecule has 1 saturated heterocycles. The molecule has 0 radical (unpaired) electrons. The normalized spacial score (nSPS) is 18.8. The highest BCUT2D eigenvalue weighted by Gasteiger charge is 2.16. The van der Waals surface area contributed by atoms with Crippen LogP contribution in [-0.4, -0.2) is 30.1 Å². The van der Waals surface area contributed by atoms with Gasteiger partial charge in [0.1, 0.15) is 0 Å². The van der Waals surface area contributed by atoms with Crippen LogP contribution < -0.4 is 11.1 Å². The van der Waals surface area contributed by atoms with Crippen LogP contribution in [0.2, 0.25) is 0 Å². The molecule has 5 nitrogen and oxygen atoms in total. The van der Waals surface area contributed by atoms with Gasteiger partial charge in [-0.15, -0.1) is 12.4 Å². The first kappa shape index (κ1) is 14.7. The van der Waals surface area contributed by atoms with E-state index in [2.05, 4.69) is 10.3 Å². The lowest BCUT2D eigenvalue weighted by molar-refractivity contribution is 0.0169. The van der Waals surface area contributed by atoms with E-state index in [4.69, 9.17) is 10.5 Å². The van der Waals surface area contributed by atoms with E-state index in [0.717, 1.165) is 25.9 Å². The first-order valence-corrected chi connectivity index (χ1v) is 5.86. The van der Waals surface area contributed by atoms with E-state index in [0.29, 0.717) is 17.8 Å². The summed E-state index contributed by atoms with van der Waals surface area (Å²) in [5.74, 6) is -0.190. The number of aromatic nitrogens is 1. The smallest absolute Gasteiger partial charge is 0.255 e. The highest BCUT2D eigenvalue weighted by Crippen LogP contribution is 2.12. The van der Waals surface area contributed by atoms with Crippen molar-refractivity contribution in [1.29, 1.82) is 0 Å². The van der Waals surface area contributed by atoms with Gasteiger partial charge < -0.3 is 15.8 Å². The maximum Gasteiger partial charge on any atom is 0.255 e. The van der Waals surface area contributed by atoms with Gasteiger partial charge >= 0.3 is 0 Å². The third-order valence-electron chi connectivity index (χ3n) is 2.86. The average Bonchev–Trinajstić information content (AvgIpc) is 2.38. The molecule has 18 heavy (non-hydrogen) atoms. The number of carbonyl (C=O) groups is 1. The lowest BCUT2D eigenvalue weighted by atomic mass is 10.1. The summed E-state index contributed by atoms with van der Waals surface area (Å²) >= 11 is 0. The Bertz CT molecular complexity index is 395. The average molecular weight is 272 g/mol. The Morgan fingerprint density at radius 3 is 3.06 bits per heavy atom. The summed E-state index contributed by atoms with van der Waals surface area (Å²) in [6.07, 6.45) is 6.45. The first-order chi connectivity index (χ1) is 8.27. The van der Waals surface area contributed by atoms with Gasteiger partial charge in [-0.2, -0.15) is 0 Å². The Hall–Kier alpha value is -1.33. The van der Waals surface area contributed by atoms with Crippen molar-refractivity contribution < 1.29 is 9.53 Å². The van der Waals surface area contributed by atoms with Crippen molar-refractivity contribution >= 4 is 24.0 Å². The van der Waals surface area contributed by atoms with Crippen molar-refractivity contribution in [3.05, 3.63) is 24.0 Å². The van der Waals surface area contributed by atoms with Gasteiger partial charge in [0.2, 0.25) is 0 Å². The number of nitrogen functional groups attached to an aromatic ring is 1. The molecule has 0 spiro atoms. The van der Waals surface area contributed by atoms with Gasteiger partial charge in [0.05, 0.1) is 11.7 Å². The minimum absolute atomic E-state index is 0. The minimum Gasteiger partial charge on any atom is -0.398 e. The second kappa shape index (κ2) is 7.18. The third-order valence-corrected chi connectivity index (χ3v) is 2.86. The predicted molar refractivity (Wildman–Crippen MR) is 71.8 cm³/mol. The van der Waals surface area contributed by atoms with Crippen LogP contribution in [-0.2, 0) is 4.74 Å². The molecular weight excluding hydrogens is 254 g/mol. The molecule has 0 aromatic carbocycles. The standard InChI is InChI=1S/C12H17N3O2.ClH/c13-11-4-5-14-8-10(11)12(16)15-7-9-3-1-2-6-17-9;/h4-5,8-9H,1-3,6-7H2,(H2,13,14)(H,15,16);1H. The molecule has 6 heteroatoms. The number of anilines is 1. The van der Waals surface area contributed by atoms with Crippen LogP contribution in [0.5, 0.6) is 0 Å². The summed E-state index contributed by atoms with van der Waals surface area (Å²) in [6.45, 7) is 1.32. The van der Waals surface area contributed by atoms with Crippen molar-refractivity contribution in [2.45, 2.75) is 25.4 Å².